The number of thiazole rings is 1. The molecule has 2 heterocycles. The molecule has 30 heavy (non-hydrogen) atoms. The molecule has 0 aliphatic carbocycles. The van der Waals surface area contributed by atoms with E-state index in [-0.39, 0.29) is 39.9 Å². The van der Waals surface area contributed by atoms with Crippen LogP contribution in [0.4, 0.5) is 5.13 Å². The third-order valence-corrected chi connectivity index (χ3v) is 8.98. The molecule has 4 rings (SSSR count). The zero-order chi connectivity index (χ0) is 21.5. The fourth-order valence-corrected chi connectivity index (χ4v) is 7.07. The minimum Gasteiger partial charge on any atom is -0.302 e. The van der Waals surface area contributed by atoms with Crippen molar-refractivity contribution in [2.24, 2.45) is 5.92 Å². The van der Waals surface area contributed by atoms with Crippen molar-refractivity contribution in [2.75, 3.05) is 18.4 Å². The molecular weight excluding hydrogens is 465 g/mol. The number of hydrogen-bond donors (Lipinski definition) is 1. The van der Waals surface area contributed by atoms with Gasteiger partial charge in [-0.1, -0.05) is 52.7 Å². The Morgan fingerprint density at radius 1 is 1.13 bits per heavy atom. The highest BCUT2D eigenvalue weighted by molar-refractivity contribution is 7.89. The molecule has 0 radical (unpaired) electrons. The number of nitrogens with one attached hydrogen (secondary N) is 1. The Morgan fingerprint density at radius 2 is 1.77 bits per heavy atom. The Balaban J connectivity index is 1.43. The lowest BCUT2D eigenvalue weighted by Gasteiger charge is -2.30. The van der Waals surface area contributed by atoms with E-state index in [0.717, 1.165) is 15.8 Å². The largest absolute Gasteiger partial charge is 0.302 e. The van der Waals surface area contributed by atoms with Gasteiger partial charge in [-0.2, -0.15) is 4.31 Å². The first-order chi connectivity index (χ1) is 14.3. The average molecular weight is 484 g/mol. The van der Waals surface area contributed by atoms with Crippen LogP contribution in [0.1, 0.15) is 18.4 Å². The second-order valence-corrected chi connectivity index (χ2v) is 10.9. The van der Waals surface area contributed by atoms with Gasteiger partial charge in [-0.25, -0.2) is 13.4 Å². The molecule has 1 aliphatic rings. The number of anilines is 1. The highest BCUT2D eigenvalue weighted by Gasteiger charge is 2.34. The number of carbonyl (C=O) groups is 1. The van der Waals surface area contributed by atoms with Crippen molar-refractivity contribution in [3.05, 3.63) is 52.0 Å². The van der Waals surface area contributed by atoms with Gasteiger partial charge < -0.3 is 5.32 Å². The molecule has 0 unspecified atom stereocenters. The van der Waals surface area contributed by atoms with E-state index in [2.05, 4.69) is 10.3 Å². The maximum atomic E-state index is 13.0. The van der Waals surface area contributed by atoms with Crippen LogP contribution in [0.15, 0.2) is 41.3 Å². The third-order valence-electron chi connectivity index (χ3n) is 5.19. The van der Waals surface area contributed by atoms with Crippen molar-refractivity contribution in [1.82, 2.24) is 9.29 Å². The van der Waals surface area contributed by atoms with Crippen LogP contribution in [0.2, 0.25) is 10.0 Å². The first-order valence-electron chi connectivity index (χ1n) is 9.38. The Morgan fingerprint density at radius 3 is 2.40 bits per heavy atom. The number of amides is 1. The van der Waals surface area contributed by atoms with Gasteiger partial charge in [0.1, 0.15) is 4.90 Å². The monoisotopic (exact) mass is 483 g/mol. The lowest BCUT2D eigenvalue weighted by molar-refractivity contribution is -0.120. The molecule has 0 bridgehead atoms. The van der Waals surface area contributed by atoms with Gasteiger partial charge in [-0.3, -0.25) is 4.79 Å². The number of fused-ring (bicyclic) bond motifs is 1. The molecule has 0 saturated carbocycles. The SMILES string of the molecule is Cc1cccc2sc(NC(=O)C3CCN(S(=O)(=O)c4c(Cl)cccc4Cl)CC3)nc12. The van der Waals surface area contributed by atoms with Crippen LogP contribution in [0.3, 0.4) is 0 Å². The number of aromatic nitrogens is 1. The first kappa shape index (κ1) is 21.5. The summed E-state index contributed by atoms with van der Waals surface area (Å²) in [5.41, 5.74) is 1.94. The Labute approximate surface area is 188 Å². The summed E-state index contributed by atoms with van der Waals surface area (Å²) in [6.07, 6.45) is 0.827. The van der Waals surface area contributed by atoms with Crippen molar-refractivity contribution in [2.45, 2.75) is 24.7 Å². The normalized spacial score (nSPS) is 16.1. The van der Waals surface area contributed by atoms with Gasteiger partial charge in [-0.15, -0.1) is 0 Å². The number of rotatable bonds is 4. The number of benzene rings is 2. The summed E-state index contributed by atoms with van der Waals surface area (Å²) >= 11 is 13.6. The molecule has 1 fully saturated rings. The van der Waals surface area contributed by atoms with Gasteiger partial charge in [0.15, 0.2) is 5.13 Å². The Bertz CT molecular complexity index is 1200. The van der Waals surface area contributed by atoms with Crippen molar-refractivity contribution in [3.8, 4) is 0 Å². The van der Waals surface area contributed by atoms with Crippen molar-refractivity contribution < 1.29 is 13.2 Å². The van der Waals surface area contributed by atoms with Gasteiger partial charge in [0.05, 0.1) is 20.3 Å². The summed E-state index contributed by atoms with van der Waals surface area (Å²) in [5, 5.41) is 3.63. The maximum Gasteiger partial charge on any atom is 0.246 e. The standard InChI is InChI=1S/C20H19Cl2N3O3S2/c1-12-4-2-7-16-17(12)23-20(29-16)24-19(26)13-8-10-25(11-9-13)30(27,28)18-14(21)5-3-6-15(18)22/h2-7,13H,8-11H2,1H3,(H,23,24,26). The summed E-state index contributed by atoms with van der Waals surface area (Å²) < 4.78 is 28.3. The van der Waals surface area contributed by atoms with E-state index in [1.54, 1.807) is 6.07 Å². The molecule has 1 saturated heterocycles. The molecule has 1 N–H and O–H groups in total. The van der Waals surface area contributed by atoms with E-state index in [1.807, 2.05) is 25.1 Å². The predicted octanol–water partition coefficient (Wildman–Crippen LogP) is 4.95. The van der Waals surface area contributed by atoms with E-state index in [9.17, 15) is 13.2 Å². The number of piperidine rings is 1. The predicted molar refractivity (Wildman–Crippen MR) is 121 cm³/mol. The third kappa shape index (κ3) is 4.07. The number of carbonyl (C=O) groups excluding carboxylic acids is 1. The summed E-state index contributed by atoms with van der Waals surface area (Å²) in [6.45, 7) is 2.43. The average Bonchev–Trinajstić information content (AvgIpc) is 3.11. The smallest absolute Gasteiger partial charge is 0.246 e. The molecule has 3 aromatic rings. The topological polar surface area (TPSA) is 79.4 Å². The van der Waals surface area contributed by atoms with E-state index in [4.69, 9.17) is 23.2 Å². The van der Waals surface area contributed by atoms with Crippen LogP contribution in [-0.2, 0) is 14.8 Å². The second kappa shape index (κ2) is 8.43. The molecule has 2 aromatic carbocycles. The Kier molecular flexibility index (Phi) is 6.05. The number of aryl methyl sites for hydroxylation is 1. The van der Waals surface area contributed by atoms with Crippen LogP contribution < -0.4 is 5.32 Å². The first-order valence-corrected chi connectivity index (χ1v) is 12.4. The quantitative estimate of drug-likeness (QED) is 0.568. The van der Waals surface area contributed by atoms with E-state index in [1.165, 1.54) is 27.8 Å². The number of nitrogens with zero attached hydrogens (tertiary/aromatic N) is 2. The van der Waals surface area contributed by atoms with E-state index >= 15 is 0 Å². The fourth-order valence-electron chi connectivity index (χ4n) is 3.56. The minimum absolute atomic E-state index is 0.0823. The summed E-state index contributed by atoms with van der Waals surface area (Å²) in [4.78, 5) is 17.1. The Hall–Kier alpha value is -1.71. The van der Waals surface area contributed by atoms with Gasteiger partial charge in [-0.05, 0) is 43.5 Å². The number of sulfonamides is 1. The molecular formula is C20H19Cl2N3O3S2. The van der Waals surface area contributed by atoms with Gasteiger partial charge >= 0.3 is 0 Å². The molecule has 0 atom stereocenters. The van der Waals surface area contributed by atoms with Crippen LogP contribution in [0.5, 0.6) is 0 Å². The van der Waals surface area contributed by atoms with E-state index < -0.39 is 10.0 Å². The van der Waals surface area contributed by atoms with Crippen LogP contribution in [0.25, 0.3) is 10.2 Å². The number of para-hydroxylation sites is 1. The van der Waals surface area contributed by atoms with Crippen LogP contribution in [-0.4, -0.2) is 36.7 Å². The molecule has 10 heteroatoms. The van der Waals surface area contributed by atoms with Gasteiger partial charge in [0.25, 0.3) is 0 Å². The second-order valence-electron chi connectivity index (χ2n) is 7.16. The lowest BCUT2D eigenvalue weighted by Crippen LogP contribution is -2.41. The molecule has 0 spiro atoms. The highest BCUT2D eigenvalue weighted by atomic mass is 35.5. The summed E-state index contributed by atoms with van der Waals surface area (Å²) in [7, 11) is -3.83. The highest BCUT2D eigenvalue weighted by Crippen LogP contribution is 2.34. The zero-order valence-electron chi connectivity index (χ0n) is 16.1. The molecule has 1 amide bonds. The fraction of sp³-hybridized carbons (Fsp3) is 0.300. The van der Waals surface area contributed by atoms with Gasteiger partial charge in [0, 0.05) is 19.0 Å². The number of halogens is 2. The van der Waals surface area contributed by atoms with E-state index in [0.29, 0.717) is 18.0 Å². The summed E-state index contributed by atoms with van der Waals surface area (Å²) in [6, 6.07) is 10.5. The van der Waals surface area contributed by atoms with Gasteiger partial charge in [0.2, 0.25) is 15.9 Å². The molecule has 158 valence electrons. The van der Waals surface area contributed by atoms with Crippen molar-refractivity contribution in [3.63, 3.8) is 0 Å². The summed E-state index contributed by atoms with van der Waals surface area (Å²) in [5.74, 6) is -0.425. The molecule has 6 nitrogen and oxygen atoms in total. The van der Waals surface area contributed by atoms with Crippen LogP contribution >= 0.6 is 34.5 Å². The number of hydrogen-bond acceptors (Lipinski definition) is 5. The maximum absolute atomic E-state index is 13.0. The van der Waals surface area contributed by atoms with Crippen molar-refractivity contribution >= 4 is 65.8 Å². The molecule has 1 aliphatic heterocycles. The van der Waals surface area contributed by atoms with Crippen molar-refractivity contribution in [1.29, 1.82) is 0 Å². The lowest BCUT2D eigenvalue weighted by atomic mass is 9.97. The molecule has 1 aromatic heterocycles. The zero-order valence-corrected chi connectivity index (χ0v) is 19.2. The van der Waals surface area contributed by atoms with Crippen LogP contribution in [0, 0.1) is 12.8 Å². The minimum atomic E-state index is -3.83.